The highest BCUT2D eigenvalue weighted by Gasteiger charge is 2.49. The number of dihydropyridines is 1. The molecule has 7 nitrogen and oxygen atoms in total. The van der Waals surface area contributed by atoms with Gasteiger partial charge in [0.1, 0.15) is 11.7 Å². The Morgan fingerprint density at radius 1 is 1.00 bits per heavy atom. The fraction of sp³-hybridized carbons (Fsp3) is 0.367. The number of methoxy groups -OCH3 is 1. The number of ether oxygens (including phenoxy) is 3. The van der Waals surface area contributed by atoms with Gasteiger partial charge in [-0.05, 0) is 62.9 Å². The van der Waals surface area contributed by atoms with E-state index in [2.05, 4.69) is 5.32 Å². The Balaban J connectivity index is 1.91. The van der Waals surface area contributed by atoms with Crippen molar-refractivity contribution < 1.29 is 28.6 Å². The number of hydrogen-bond donors (Lipinski definition) is 1. The van der Waals surface area contributed by atoms with E-state index in [4.69, 9.17) is 14.2 Å². The molecule has 194 valence electrons. The van der Waals surface area contributed by atoms with Crippen molar-refractivity contribution in [1.82, 2.24) is 5.32 Å². The second-order valence-corrected chi connectivity index (χ2v) is 9.25. The van der Waals surface area contributed by atoms with Gasteiger partial charge in [-0.2, -0.15) is 0 Å². The van der Waals surface area contributed by atoms with Gasteiger partial charge in [0.05, 0.1) is 25.9 Å². The lowest BCUT2D eigenvalue weighted by molar-refractivity contribution is -0.152. The number of allylic oxidation sites excluding steroid dienone is 3. The molecule has 0 aromatic heterocycles. The van der Waals surface area contributed by atoms with E-state index in [0.717, 1.165) is 16.7 Å². The first-order valence-electron chi connectivity index (χ1n) is 12.6. The van der Waals surface area contributed by atoms with Crippen LogP contribution in [-0.4, -0.2) is 38.0 Å². The average molecular weight is 504 g/mol. The number of aryl methyl sites for hydroxylation is 1. The van der Waals surface area contributed by atoms with E-state index in [1.807, 2.05) is 62.4 Å². The minimum atomic E-state index is -1.05. The zero-order chi connectivity index (χ0) is 26.7. The van der Waals surface area contributed by atoms with E-state index in [-0.39, 0.29) is 19.0 Å². The van der Waals surface area contributed by atoms with E-state index >= 15 is 0 Å². The van der Waals surface area contributed by atoms with Crippen LogP contribution in [0.2, 0.25) is 0 Å². The molecule has 0 unspecified atom stereocenters. The third-order valence-corrected chi connectivity index (χ3v) is 7.08. The molecule has 37 heavy (non-hydrogen) atoms. The van der Waals surface area contributed by atoms with Crippen molar-refractivity contribution >= 4 is 17.7 Å². The van der Waals surface area contributed by atoms with Gasteiger partial charge in [0.15, 0.2) is 5.78 Å². The van der Waals surface area contributed by atoms with Gasteiger partial charge >= 0.3 is 11.9 Å². The summed E-state index contributed by atoms with van der Waals surface area (Å²) >= 11 is 0. The first kappa shape index (κ1) is 26.2. The molecule has 2 aromatic rings. The predicted molar refractivity (Wildman–Crippen MR) is 139 cm³/mol. The molecular formula is C30H33NO6. The maximum atomic E-state index is 14.3. The Labute approximate surface area is 217 Å². The van der Waals surface area contributed by atoms with Crippen molar-refractivity contribution in [3.05, 3.63) is 87.8 Å². The van der Waals surface area contributed by atoms with Crippen LogP contribution < -0.4 is 10.1 Å². The number of carbonyl (C=O) groups excluding carboxylic acids is 3. The smallest absolute Gasteiger partial charge is 0.336 e. The molecule has 0 saturated carbocycles. The average Bonchev–Trinajstić information content (AvgIpc) is 2.88. The summed E-state index contributed by atoms with van der Waals surface area (Å²) < 4.78 is 16.2. The standard InChI is InChI=1S/C30H33NO6/c1-6-36-29(33)24-18(4)31-23-16-22(19-12-10-13-20(15-19)35-5)26(30(34)37-7-2)28(32)27(23)25(24)21-14-9-8-11-17(21)3/h8-15,22,25-26,31H,6-7,16H2,1-5H3/t22-,25+,26-/m1/s1. The highest BCUT2D eigenvalue weighted by atomic mass is 16.5. The van der Waals surface area contributed by atoms with Crippen LogP contribution in [-0.2, 0) is 23.9 Å². The van der Waals surface area contributed by atoms with Gasteiger partial charge in [-0.15, -0.1) is 0 Å². The molecule has 2 aliphatic rings. The molecule has 1 heterocycles. The lowest BCUT2D eigenvalue weighted by Crippen LogP contribution is -2.43. The number of carbonyl (C=O) groups is 3. The molecule has 2 aromatic carbocycles. The SMILES string of the molecule is CCOC(=O)C1=C(C)NC2=C(C(=O)[C@H](C(=O)OCC)[C@@H](c3cccc(OC)c3)C2)[C@H]1c1ccccc1C. The molecule has 0 spiro atoms. The van der Waals surface area contributed by atoms with Crippen molar-refractivity contribution in [2.24, 2.45) is 5.92 Å². The molecule has 1 aliphatic carbocycles. The maximum absolute atomic E-state index is 14.3. The Hall–Kier alpha value is -3.87. The largest absolute Gasteiger partial charge is 0.497 e. The summed E-state index contributed by atoms with van der Waals surface area (Å²) in [4.78, 5) is 40.8. The number of hydrogen-bond acceptors (Lipinski definition) is 7. The van der Waals surface area contributed by atoms with E-state index in [9.17, 15) is 14.4 Å². The van der Waals surface area contributed by atoms with Crippen LogP contribution in [0, 0.1) is 12.8 Å². The van der Waals surface area contributed by atoms with Crippen molar-refractivity contribution in [2.75, 3.05) is 20.3 Å². The summed E-state index contributed by atoms with van der Waals surface area (Å²) in [5, 5.41) is 3.33. The third kappa shape index (κ3) is 4.90. The molecule has 0 radical (unpaired) electrons. The highest BCUT2D eigenvalue weighted by Crippen LogP contribution is 2.49. The van der Waals surface area contributed by atoms with E-state index < -0.39 is 29.7 Å². The van der Waals surface area contributed by atoms with E-state index in [1.54, 1.807) is 21.0 Å². The number of rotatable bonds is 7. The summed E-state index contributed by atoms with van der Waals surface area (Å²) in [7, 11) is 1.58. The maximum Gasteiger partial charge on any atom is 0.336 e. The summed E-state index contributed by atoms with van der Waals surface area (Å²) in [5.41, 5.74) is 4.71. The van der Waals surface area contributed by atoms with Gasteiger partial charge in [0.25, 0.3) is 0 Å². The first-order chi connectivity index (χ1) is 17.8. The van der Waals surface area contributed by atoms with Gasteiger partial charge < -0.3 is 19.5 Å². The minimum absolute atomic E-state index is 0.159. The summed E-state index contributed by atoms with van der Waals surface area (Å²) in [6.45, 7) is 7.61. The number of ketones is 1. The van der Waals surface area contributed by atoms with E-state index in [0.29, 0.717) is 34.7 Å². The molecular weight excluding hydrogens is 470 g/mol. The molecule has 0 saturated heterocycles. The Bertz CT molecular complexity index is 1290. The highest BCUT2D eigenvalue weighted by molar-refractivity contribution is 6.13. The number of esters is 2. The Morgan fingerprint density at radius 3 is 2.41 bits per heavy atom. The lowest BCUT2D eigenvalue weighted by Gasteiger charge is -2.39. The van der Waals surface area contributed by atoms with Crippen molar-refractivity contribution in [1.29, 1.82) is 0 Å². The van der Waals surface area contributed by atoms with Gasteiger partial charge in [-0.25, -0.2) is 4.79 Å². The summed E-state index contributed by atoms with van der Waals surface area (Å²) in [5.74, 6) is -2.93. The Morgan fingerprint density at radius 2 is 1.73 bits per heavy atom. The number of benzene rings is 2. The molecule has 0 fully saturated rings. The van der Waals surface area contributed by atoms with E-state index in [1.165, 1.54) is 0 Å². The van der Waals surface area contributed by atoms with Crippen LogP contribution in [0.25, 0.3) is 0 Å². The quantitative estimate of drug-likeness (QED) is 0.432. The van der Waals surface area contributed by atoms with Crippen LogP contribution >= 0.6 is 0 Å². The molecule has 7 heteroatoms. The molecule has 1 N–H and O–H groups in total. The first-order valence-corrected chi connectivity index (χ1v) is 12.6. The molecule has 0 bridgehead atoms. The zero-order valence-corrected chi connectivity index (χ0v) is 21.9. The molecule has 4 rings (SSSR count). The van der Waals surface area contributed by atoms with Crippen LogP contribution in [0.15, 0.2) is 71.1 Å². The lowest BCUT2D eigenvalue weighted by atomic mass is 9.66. The molecule has 1 aliphatic heterocycles. The summed E-state index contributed by atoms with van der Waals surface area (Å²) in [6, 6.07) is 15.1. The van der Waals surface area contributed by atoms with Crippen molar-refractivity contribution in [3.63, 3.8) is 0 Å². The van der Waals surface area contributed by atoms with Crippen molar-refractivity contribution in [3.8, 4) is 5.75 Å². The fourth-order valence-corrected chi connectivity index (χ4v) is 5.42. The molecule has 0 amide bonds. The number of Topliss-reactive ketones (excluding diaryl/α,β-unsaturated/α-hetero) is 1. The predicted octanol–water partition coefficient (Wildman–Crippen LogP) is 4.72. The van der Waals surface area contributed by atoms with Gasteiger partial charge in [0, 0.05) is 28.8 Å². The van der Waals surface area contributed by atoms with Gasteiger partial charge in [-0.1, -0.05) is 36.4 Å². The van der Waals surface area contributed by atoms with Gasteiger partial charge in [-0.3, -0.25) is 9.59 Å². The van der Waals surface area contributed by atoms with Gasteiger partial charge in [0.2, 0.25) is 0 Å². The van der Waals surface area contributed by atoms with Crippen LogP contribution in [0.4, 0.5) is 0 Å². The normalized spacial score (nSPS) is 21.2. The second kappa shape index (κ2) is 11.0. The third-order valence-electron chi connectivity index (χ3n) is 7.08. The summed E-state index contributed by atoms with van der Waals surface area (Å²) in [6.07, 6.45) is 0.396. The molecule has 3 atom stereocenters. The van der Waals surface area contributed by atoms with Crippen LogP contribution in [0.5, 0.6) is 5.75 Å². The number of nitrogens with one attached hydrogen (secondary N) is 1. The van der Waals surface area contributed by atoms with Crippen LogP contribution in [0.1, 0.15) is 55.7 Å². The zero-order valence-electron chi connectivity index (χ0n) is 21.9. The van der Waals surface area contributed by atoms with Crippen molar-refractivity contribution in [2.45, 2.75) is 46.0 Å². The Kier molecular flexibility index (Phi) is 7.81. The topological polar surface area (TPSA) is 90.9 Å². The monoisotopic (exact) mass is 503 g/mol. The fourth-order valence-electron chi connectivity index (χ4n) is 5.42. The minimum Gasteiger partial charge on any atom is -0.497 e. The second-order valence-electron chi connectivity index (χ2n) is 9.25. The van der Waals surface area contributed by atoms with Crippen LogP contribution in [0.3, 0.4) is 0 Å².